The molecule has 0 fully saturated rings. The number of sulfonamides is 1. The maximum atomic E-state index is 12.5. The van der Waals surface area contributed by atoms with Gasteiger partial charge in [0.15, 0.2) is 0 Å². The highest BCUT2D eigenvalue weighted by Gasteiger charge is 2.23. The standard InChI is InChI=1S/C13H18N4O2S/c1-8-7-9(2)13(10(3)12(8)14)20(18,19)16-11-5-6-15-17(11)4/h5-7,16H,14H2,1-4H3. The molecule has 0 bridgehead atoms. The molecule has 0 atom stereocenters. The van der Waals surface area contributed by atoms with E-state index in [1.165, 1.54) is 10.9 Å². The summed E-state index contributed by atoms with van der Waals surface area (Å²) >= 11 is 0. The number of anilines is 2. The first-order chi connectivity index (χ1) is 9.24. The number of aromatic nitrogens is 2. The molecule has 20 heavy (non-hydrogen) atoms. The van der Waals surface area contributed by atoms with E-state index < -0.39 is 10.0 Å². The molecule has 0 aliphatic carbocycles. The smallest absolute Gasteiger partial charge is 0.263 e. The van der Waals surface area contributed by atoms with Gasteiger partial charge in [-0.2, -0.15) is 5.10 Å². The first-order valence-corrected chi connectivity index (χ1v) is 7.59. The van der Waals surface area contributed by atoms with Gasteiger partial charge in [0, 0.05) is 18.8 Å². The summed E-state index contributed by atoms with van der Waals surface area (Å²) in [5.41, 5.74) is 8.55. The van der Waals surface area contributed by atoms with Crippen LogP contribution in [-0.2, 0) is 17.1 Å². The third-order valence-corrected chi connectivity index (χ3v) is 4.93. The van der Waals surface area contributed by atoms with Crippen molar-refractivity contribution in [3.05, 3.63) is 35.0 Å². The highest BCUT2D eigenvalue weighted by molar-refractivity contribution is 7.92. The van der Waals surface area contributed by atoms with Crippen LogP contribution >= 0.6 is 0 Å². The Kier molecular flexibility index (Phi) is 3.47. The lowest BCUT2D eigenvalue weighted by Crippen LogP contribution is -2.18. The average molecular weight is 294 g/mol. The molecule has 0 spiro atoms. The normalized spacial score (nSPS) is 11.6. The zero-order valence-corrected chi connectivity index (χ0v) is 12.7. The predicted molar refractivity (Wildman–Crippen MR) is 79.1 cm³/mol. The highest BCUT2D eigenvalue weighted by atomic mass is 32.2. The molecule has 0 amide bonds. The number of nitrogens with two attached hydrogens (primary N) is 1. The van der Waals surface area contributed by atoms with Crippen molar-refractivity contribution in [2.75, 3.05) is 10.5 Å². The maximum absolute atomic E-state index is 12.5. The lowest BCUT2D eigenvalue weighted by Gasteiger charge is -2.16. The molecule has 3 N–H and O–H groups in total. The Labute approximate surface area is 118 Å². The van der Waals surface area contributed by atoms with Gasteiger partial charge >= 0.3 is 0 Å². The summed E-state index contributed by atoms with van der Waals surface area (Å²) in [5, 5.41) is 3.94. The minimum atomic E-state index is -3.70. The number of hydrogen-bond acceptors (Lipinski definition) is 4. The SMILES string of the molecule is Cc1cc(C)c(S(=O)(=O)Nc2ccnn2C)c(C)c1N. The Balaban J connectivity index is 2.56. The Morgan fingerprint density at radius 3 is 2.45 bits per heavy atom. The lowest BCUT2D eigenvalue weighted by molar-refractivity contribution is 0.599. The topological polar surface area (TPSA) is 90.0 Å². The summed E-state index contributed by atoms with van der Waals surface area (Å²) < 4.78 is 29.1. The van der Waals surface area contributed by atoms with E-state index in [0.29, 0.717) is 22.6 Å². The van der Waals surface area contributed by atoms with Crippen molar-refractivity contribution in [1.82, 2.24) is 9.78 Å². The molecule has 108 valence electrons. The van der Waals surface area contributed by atoms with Crippen LogP contribution in [0, 0.1) is 20.8 Å². The second kappa shape index (κ2) is 4.82. The van der Waals surface area contributed by atoms with Crippen molar-refractivity contribution in [3.63, 3.8) is 0 Å². The summed E-state index contributed by atoms with van der Waals surface area (Å²) in [7, 11) is -2.03. The molecule has 0 unspecified atom stereocenters. The van der Waals surface area contributed by atoms with E-state index >= 15 is 0 Å². The molecule has 1 aromatic carbocycles. The third kappa shape index (κ3) is 2.36. The van der Waals surface area contributed by atoms with Gasteiger partial charge in [-0.3, -0.25) is 9.40 Å². The molecule has 0 saturated heterocycles. The molecule has 0 radical (unpaired) electrons. The first kappa shape index (κ1) is 14.4. The first-order valence-electron chi connectivity index (χ1n) is 6.11. The minimum absolute atomic E-state index is 0.224. The van der Waals surface area contributed by atoms with Gasteiger partial charge in [0.05, 0.1) is 11.1 Å². The van der Waals surface area contributed by atoms with E-state index in [9.17, 15) is 8.42 Å². The van der Waals surface area contributed by atoms with E-state index in [4.69, 9.17) is 5.73 Å². The number of nitrogen functional groups attached to an aromatic ring is 1. The Morgan fingerprint density at radius 1 is 1.25 bits per heavy atom. The van der Waals surface area contributed by atoms with E-state index in [0.717, 1.165) is 5.56 Å². The molecule has 1 aromatic heterocycles. The minimum Gasteiger partial charge on any atom is -0.398 e. The zero-order chi connectivity index (χ0) is 15.1. The second-order valence-corrected chi connectivity index (χ2v) is 6.44. The highest BCUT2D eigenvalue weighted by Crippen LogP contribution is 2.29. The van der Waals surface area contributed by atoms with E-state index in [1.807, 2.05) is 6.92 Å². The van der Waals surface area contributed by atoms with Crippen LogP contribution < -0.4 is 10.5 Å². The quantitative estimate of drug-likeness (QED) is 0.844. The van der Waals surface area contributed by atoms with Gasteiger partial charge in [0.2, 0.25) is 0 Å². The Hall–Kier alpha value is -2.02. The van der Waals surface area contributed by atoms with Gasteiger partial charge in [-0.05, 0) is 37.5 Å². The fourth-order valence-electron chi connectivity index (χ4n) is 2.26. The zero-order valence-electron chi connectivity index (χ0n) is 11.9. The molecule has 7 heteroatoms. The Bertz CT molecular complexity index is 763. The van der Waals surface area contributed by atoms with Crippen LogP contribution in [0.3, 0.4) is 0 Å². The number of nitrogens with zero attached hydrogens (tertiary/aromatic N) is 2. The predicted octanol–water partition coefficient (Wildman–Crippen LogP) is 1.73. The molecular weight excluding hydrogens is 276 g/mol. The van der Waals surface area contributed by atoms with Crippen LogP contribution in [0.1, 0.15) is 16.7 Å². The Morgan fingerprint density at radius 2 is 1.90 bits per heavy atom. The summed E-state index contributed by atoms with van der Waals surface area (Å²) in [4.78, 5) is 0.224. The van der Waals surface area contributed by atoms with E-state index in [1.54, 1.807) is 33.0 Å². The van der Waals surface area contributed by atoms with Crippen LogP contribution in [0.2, 0.25) is 0 Å². The lowest BCUT2D eigenvalue weighted by atomic mass is 10.1. The van der Waals surface area contributed by atoms with E-state index in [2.05, 4.69) is 9.82 Å². The van der Waals surface area contributed by atoms with Crippen molar-refractivity contribution in [2.24, 2.45) is 7.05 Å². The fourth-order valence-corrected chi connectivity index (χ4v) is 3.83. The van der Waals surface area contributed by atoms with Crippen molar-refractivity contribution in [3.8, 4) is 0 Å². The van der Waals surface area contributed by atoms with Crippen molar-refractivity contribution in [2.45, 2.75) is 25.7 Å². The summed E-state index contributed by atoms with van der Waals surface area (Å²) in [5.74, 6) is 0.406. The van der Waals surface area contributed by atoms with Gasteiger partial charge in [0.25, 0.3) is 10.0 Å². The molecular formula is C13H18N4O2S. The third-order valence-electron chi connectivity index (χ3n) is 3.29. The molecule has 0 aliphatic heterocycles. The van der Waals surface area contributed by atoms with Gasteiger partial charge in [-0.1, -0.05) is 6.07 Å². The fraction of sp³-hybridized carbons (Fsp3) is 0.308. The summed E-state index contributed by atoms with van der Waals surface area (Å²) in [6, 6.07) is 3.37. The van der Waals surface area contributed by atoms with Gasteiger partial charge in [0.1, 0.15) is 5.82 Å². The summed E-state index contributed by atoms with van der Waals surface area (Å²) in [6.07, 6.45) is 1.53. The molecule has 2 rings (SSSR count). The largest absolute Gasteiger partial charge is 0.398 e. The molecule has 2 aromatic rings. The van der Waals surface area contributed by atoms with Gasteiger partial charge < -0.3 is 5.73 Å². The van der Waals surface area contributed by atoms with Crippen LogP contribution in [0.4, 0.5) is 11.5 Å². The van der Waals surface area contributed by atoms with Crippen LogP contribution in [0.15, 0.2) is 23.2 Å². The number of hydrogen-bond donors (Lipinski definition) is 2. The van der Waals surface area contributed by atoms with Crippen molar-refractivity contribution < 1.29 is 8.42 Å². The van der Waals surface area contributed by atoms with Crippen molar-refractivity contribution in [1.29, 1.82) is 0 Å². The van der Waals surface area contributed by atoms with Crippen LogP contribution in [0.5, 0.6) is 0 Å². The van der Waals surface area contributed by atoms with Crippen LogP contribution in [0.25, 0.3) is 0 Å². The average Bonchev–Trinajstić information content (AvgIpc) is 2.71. The monoisotopic (exact) mass is 294 g/mol. The molecule has 1 heterocycles. The second-order valence-electron chi connectivity index (χ2n) is 4.82. The maximum Gasteiger partial charge on any atom is 0.263 e. The molecule has 6 nitrogen and oxygen atoms in total. The number of nitrogens with one attached hydrogen (secondary N) is 1. The van der Waals surface area contributed by atoms with E-state index in [-0.39, 0.29) is 4.90 Å². The number of benzene rings is 1. The summed E-state index contributed by atoms with van der Waals surface area (Å²) in [6.45, 7) is 5.34. The number of aryl methyl sites for hydroxylation is 3. The van der Waals surface area contributed by atoms with Crippen LogP contribution in [-0.4, -0.2) is 18.2 Å². The van der Waals surface area contributed by atoms with Gasteiger partial charge in [-0.25, -0.2) is 8.42 Å². The number of rotatable bonds is 3. The van der Waals surface area contributed by atoms with Gasteiger partial charge in [-0.15, -0.1) is 0 Å². The molecule has 0 saturated carbocycles. The molecule has 0 aliphatic rings. The van der Waals surface area contributed by atoms with Crippen molar-refractivity contribution >= 4 is 21.5 Å².